The molecule has 0 aromatic carbocycles. The standard InChI is InChI=1S/C13H24N4/c1-10(2)17-5-3-4-11(9-17)6-12-7-13(8-14)16-15-12/h7,10-11H,3-6,8-9,14H2,1-2H3,(H,15,16). The molecule has 0 amide bonds. The summed E-state index contributed by atoms with van der Waals surface area (Å²) in [5.41, 5.74) is 7.78. The molecule has 1 saturated heterocycles. The van der Waals surface area contributed by atoms with Crippen molar-refractivity contribution in [2.75, 3.05) is 13.1 Å². The molecule has 1 aliphatic heterocycles. The molecule has 17 heavy (non-hydrogen) atoms. The highest BCUT2D eigenvalue weighted by atomic mass is 15.2. The third kappa shape index (κ3) is 3.30. The number of aromatic amines is 1. The van der Waals surface area contributed by atoms with E-state index in [1.54, 1.807) is 0 Å². The fourth-order valence-corrected chi connectivity index (χ4v) is 2.65. The van der Waals surface area contributed by atoms with Crippen LogP contribution in [0.15, 0.2) is 6.07 Å². The second-order valence-electron chi connectivity index (χ2n) is 5.39. The van der Waals surface area contributed by atoms with Gasteiger partial charge in [0, 0.05) is 24.8 Å². The van der Waals surface area contributed by atoms with Crippen molar-refractivity contribution >= 4 is 0 Å². The summed E-state index contributed by atoms with van der Waals surface area (Å²) in [7, 11) is 0. The summed E-state index contributed by atoms with van der Waals surface area (Å²) >= 11 is 0. The Labute approximate surface area is 104 Å². The first-order chi connectivity index (χ1) is 8.19. The van der Waals surface area contributed by atoms with Crippen molar-refractivity contribution in [3.8, 4) is 0 Å². The van der Waals surface area contributed by atoms with Gasteiger partial charge in [-0.25, -0.2) is 0 Å². The molecule has 4 nitrogen and oxygen atoms in total. The Morgan fingerprint density at radius 1 is 1.59 bits per heavy atom. The maximum Gasteiger partial charge on any atom is 0.0628 e. The predicted molar refractivity (Wildman–Crippen MR) is 69.6 cm³/mol. The predicted octanol–water partition coefficient (Wildman–Crippen LogP) is 1.53. The quantitative estimate of drug-likeness (QED) is 0.833. The maximum atomic E-state index is 5.58. The molecular formula is C13H24N4. The van der Waals surface area contributed by atoms with Crippen molar-refractivity contribution in [1.82, 2.24) is 15.1 Å². The SMILES string of the molecule is CC(C)N1CCCC(Cc2cc(CN)[nH]n2)C1. The van der Waals surface area contributed by atoms with Gasteiger partial charge in [-0.1, -0.05) is 0 Å². The van der Waals surface area contributed by atoms with Crippen LogP contribution >= 0.6 is 0 Å². The summed E-state index contributed by atoms with van der Waals surface area (Å²) in [4.78, 5) is 2.57. The van der Waals surface area contributed by atoms with Crippen molar-refractivity contribution in [1.29, 1.82) is 0 Å². The first-order valence-corrected chi connectivity index (χ1v) is 6.66. The van der Waals surface area contributed by atoms with E-state index in [-0.39, 0.29) is 0 Å². The minimum Gasteiger partial charge on any atom is -0.325 e. The Bertz CT molecular complexity index is 345. The highest BCUT2D eigenvalue weighted by Crippen LogP contribution is 2.21. The molecule has 0 radical (unpaired) electrons. The minimum atomic E-state index is 0.551. The molecule has 1 fully saturated rings. The van der Waals surface area contributed by atoms with Crippen molar-refractivity contribution < 1.29 is 0 Å². The van der Waals surface area contributed by atoms with Crippen LogP contribution in [-0.4, -0.2) is 34.2 Å². The number of piperidine rings is 1. The zero-order valence-electron chi connectivity index (χ0n) is 10.9. The number of nitrogens with one attached hydrogen (secondary N) is 1. The molecule has 1 aliphatic rings. The lowest BCUT2D eigenvalue weighted by Crippen LogP contribution is -2.40. The van der Waals surface area contributed by atoms with E-state index in [2.05, 4.69) is 35.0 Å². The number of H-pyrrole nitrogens is 1. The molecule has 96 valence electrons. The molecule has 1 unspecified atom stereocenters. The van der Waals surface area contributed by atoms with Gasteiger partial charge in [-0.2, -0.15) is 5.10 Å². The van der Waals surface area contributed by atoms with Crippen molar-refractivity contribution in [2.24, 2.45) is 11.7 Å². The summed E-state index contributed by atoms with van der Waals surface area (Å²) in [6, 6.07) is 2.77. The van der Waals surface area contributed by atoms with Crippen LogP contribution in [0.25, 0.3) is 0 Å². The first kappa shape index (κ1) is 12.6. The van der Waals surface area contributed by atoms with Crippen LogP contribution in [0.1, 0.15) is 38.1 Å². The van der Waals surface area contributed by atoms with Gasteiger partial charge in [0.05, 0.1) is 5.69 Å². The first-order valence-electron chi connectivity index (χ1n) is 6.66. The number of nitrogens with two attached hydrogens (primary N) is 1. The average molecular weight is 236 g/mol. The van der Waals surface area contributed by atoms with Gasteiger partial charge in [0.1, 0.15) is 0 Å². The fourth-order valence-electron chi connectivity index (χ4n) is 2.65. The topological polar surface area (TPSA) is 57.9 Å². The van der Waals surface area contributed by atoms with Crippen LogP contribution in [0.4, 0.5) is 0 Å². The number of aromatic nitrogens is 2. The van der Waals surface area contributed by atoms with Gasteiger partial charge >= 0.3 is 0 Å². The fraction of sp³-hybridized carbons (Fsp3) is 0.769. The normalized spacial score (nSPS) is 22.2. The Morgan fingerprint density at radius 2 is 2.41 bits per heavy atom. The number of rotatable bonds is 4. The molecule has 2 rings (SSSR count). The van der Waals surface area contributed by atoms with E-state index >= 15 is 0 Å². The number of hydrogen-bond donors (Lipinski definition) is 2. The zero-order valence-corrected chi connectivity index (χ0v) is 10.9. The van der Waals surface area contributed by atoms with Crippen molar-refractivity contribution in [3.63, 3.8) is 0 Å². The Balaban J connectivity index is 1.90. The highest BCUT2D eigenvalue weighted by Gasteiger charge is 2.22. The van der Waals surface area contributed by atoms with Gasteiger partial charge in [0.15, 0.2) is 0 Å². The van der Waals surface area contributed by atoms with E-state index in [1.807, 2.05) is 0 Å². The van der Waals surface area contributed by atoms with Crippen molar-refractivity contribution in [3.05, 3.63) is 17.5 Å². The molecule has 3 N–H and O–H groups in total. The molecule has 1 aromatic heterocycles. The van der Waals surface area contributed by atoms with Crippen molar-refractivity contribution in [2.45, 2.75) is 45.7 Å². The summed E-state index contributed by atoms with van der Waals surface area (Å²) < 4.78 is 0. The summed E-state index contributed by atoms with van der Waals surface area (Å²) in [5, 5.41) is 7.32. The third-order valence-corrected chi connectivity index (χ3v) is 3.68. The van der Waals surface area contributed by atoms with Crippen LogP contribution in [-0.2, 0) is 13.0 Å². The number of nitrogens with zero attached hydrogens (tertiary/aromatic N) is 2. The second kappa shape index (κ2) is 5.65. The van der Waals surface area contributed by atoms with Gasteiger partial charge in [-0.3, -0.25) is 5.10 Å². The summed E-state index contributed by atoms with van der Waals surface area (Å²) in [6.07, 6.45) is 3.73. The Hall–Kier alpha value is -0.870. The van der Waals surface area contributed by atoms with Gasteiger partial charge < -0.3 is 10.6 Å². The molecule has 0 spiro atoms. The lowest BCUT2D eigenvalue weighted by Gasteiger charge is -2.35. The van der Waals surface area contributed by atoms with E-state index in [0.717, 1.165) is 18.0 Å². The third-order valence-electron chi connectivity index (χ3n) is 3.68. The van der Waals surface area contributed by atoms with Crippen LogP contribution < -0.4 is 5.73 Å². The lowest BCUT2D eigenvalue weighted by molar-refractivity contribution is 0.139. The van der Waals surface area contributed by atoms with Gasteiger partial charge in [-0.15, -0.1) is 0 Å². The van der Waals surface area contributed by atoms with E-state index in [4.69, 9.17) is 5.73 Å². The average Bonchev–Trinajstić information content (AvgIpc) is 2.77. The highest BCUT2D eigenvalue weighted by molar-refractivity contribution is 5.09. The second-order valence-corrected chi connectivity index (χ2v) is 5.39. The molecule has 0 saturated carbocycles. The summed E-state index contributed by atoms with van der Waals surface area (Å²) in [6.45, 7) is 7.58. The lowest BCUT2D eigenvalue weighted by atomic mass is 9.92. The molecular weight excluding hydrogens is 212 g/mol. The monoisotopic (exact) mass is 236 g/mol. The molecule has 1 atom stereocenters. The van der Waals surface area contributed by atoms with Crippen LogP contribution in [0.2, 0.25) is 0 Å². The van der Waals surface area contributed by atoms with E-state index in [1.165, 1.54) is 31.6 Å². The van der Waals surface area contributed by atoms with Crippen LogP contribution in [0.3, 0.4) is 0 Å². The number of likely N-dealkylation sites (tertiary alicyclic amines) is 1. The van der Waals surface area contributed by atoms with Gasteiger partial charge in [-0.05, 0) is 51.6 Å². The number of hydrogen-bond acceptors (Lipinski definition) is 3. The maximum absolute atomic E-state index is 5.58. The van der Waals surface area contributed by atoms with E-state index < -0.39 is 0 Å². The van der Waals surface area contributed by atoms with E-state index in [0.29, 0.717) is 12.6 Å². The summed E-state index contributed by atoms with van der Waals surface area (Å²) in [5.74, 6) is 0.750. The van der Waals surface area contributed by atoms with Gasteiger partial charge in [0.2, 0.25) is 0 Å². The Morgan fingerprint density at radius 3 is 3.06 bits per heavy atom. The molecule has 2 heterocycles. The molecule has 4 heteroatoms. The largest absolute Gasteiger partial charge is 0.325 e. The smallest absolute Gasteiger partial charge is 0.0628 e. The van der Waals surface area contributed by atoms with Crippen LogP contribution in [0.5, 0.6) is 0 Å². The van der Waals surface area contributed by atoms with Gasteiger partial charge in [0.25, 0.3) is 0 Å². The van der Waals surface area contributed by atoms with Crippen LogP contribution in [0, 0.1) is 5.92 Å². The van der Waals surface area contributed by atoms with E-state index in [9.17, 15) is 0 Å². The minimum absolute atomic E-state index is 0.551. The molecule has 0 bridgehead atoms. The molecule has 0 aliphatic carbocycles. The Kier molecular flexibility index (Phi) is 4.18. The zero-order chi connectivity index (χ0) is 12.3. The molecule has 1 aromatic rings.